The van der Waals surface area contributed by atoms with Crippen LogP contribution in [-0.4, -0.2) is 42.6 Å². The zero-order chi connectivity index (χ0) is 13.1. The smallest absolute Gasteiger partial charge is 0.331 e. The van der Waals surface area contributed by atoms with Crippen LogP contribution < -0.4 is 5.32 Å². The molecule has 17 heavy (non-hydrogen) atoms. The zero-order valence-corrected chi connectivity index (χ0v) is 11.1. The second kappa shape index (κ2) is 5.38. The largest absolute Gasteiger partial charge is 0.467 e. The van der Waals surface area contributed by atoms with Crippen LogP contribution in [0, 0.1) is 0 Å². The Morgan fingerprint density at radius 1 is 1.29 bits per heavy atom. The maximum atomic E-state index is 12.0. The minimum absolute atomic E-state index is 0.103. The van der Waals surface area contributed by atoms with Crippen LogP contribution in [0.1, 0.15) is 39.5 Å². The molecule has 1 fully saturated rings. The second-order valence-corrected chi connectivity index (χ2v) is 4.92. The summed E-state index contributed by atoms with van der Waals surface area (Å²) in [5.74, 6) is -0.333. The van der Waals surface area contributed by atoms with Gasteiger partial charge in [0.2, 0.25) is 0 Å². The van der Waals surface area contributed by atoms with E-state index >= 15 is 0 Å². The molecule has 0 spiro atoms. The Hall–Kier alpha value is -1.26. The van der Waals surface area contributed by atoms with Gasteiger partial charge in [0.05, 0.1) is 7.11 Å². The van der Waals surface area contributed by atoms with Crippen molar-refractivity contribution in [2.24, 2.45) is 0 Å². The molecule has 1 rings (SSSR count). The van der Waals surface area contributed by atoms with Gasteiger partial charge in [0.25, 0.3) is 0 Å². The fourth-order valence-electron chi connectivity index (χ4n) is 2.08. The molecule has 0 aromatic carbocycles. The number of carbonyl (C=O) groups excluding carboxylic acids is 2. The van der Waals surface area contributed by atoms with Gasteiger partial charge in [-0.2, -0.15) is 0 Å². The Bertz CT molecular complexity index is 296. The second-order valence-electron chi connectivity index (χ2n) is 4.92. The van der Waals surface area contributed by atoms with E-state index in [2.05, 4.69) is 5.32 Å². The SMILES string of the molecule is COC(=O)C1(NC(=O)N(C)C(C)C)CCCC1. The van der Waals surface area contributed by atoms with E-state index in [4.69, 9.17) is 4.74 Å². The monoisotopic (exact) mass is 242 g/mol. The highest BCUT2D eigenvalue weighted by Crippen LogP contribution is 2.31. The number of urea groups is 1. The maximum absolute atomic E-state index is 12.0. The number of nitrogens with zero attached hydrogens (tertiary/aromatic N) is 1. The molecular formula is C12H22N2O3. The van der Waals surface area contributed by atoms with E-state index in [1.54, 1.807) is 11.9 Å². The highest BCUT2D eigenvalue weighted by molar-refractivity contribution is 5.87. The molecule has 0 radical (unpaired) electrons. The molecular weight excluding hydrogens is 220 g/mol. The molecule has 0 bridgehead atoms. The highest BCUT2D eigenvalue weighted by atomic mass is 16.5. The third kappa shape index (κ3) is 2.90. The number of nitrogens with one attached hydrogen (secondary N) is 1. The van der Waals surface area contributed by atoms with Crippen LogP contribution in [0.5, 0.6) is 0 Å². The van der Waals surface area contributed by atoms with Crippen molar-refractivity contribution >= 4 is 12.0 Å². The Balaban J connectivity index is 2.74. The predicted molar refractivity (Wildman–Crippen MR) is 64.6 cm³/mol. The standard InChI is InChI=1S/C12H22N2O3/c1-9(2)14(3)11(16)13-12(10(15)17-4)7-5-6-8-12/h9H,5-8H2,1-4H3,(H,13,16). The number of methoxy groups -OCH3 is 1. The van der Waals surface area contributed by atoms with E-state index in [9.17, 15) is 9.59 Å². The molecule has 0 saturated heterocycles. The molecule has 1 saturated carbocycles. The van der Waals surface area contributed by atoms with E-state index in [0.29, 0.717) is 12.8 Å². The molecule has 0 aliphatic heterocycles. The minimum atomic E-state index is -0.811. The lowest BCUT2D eigenvalue weighted by Crippen LogP contribution is -2.57. The van der Waals surface area contributed by atoms with Gasteiger partial charge in [-0.05, 0) is 26.7 Å². The lowest BCUT2D eigenvalue weighted by Gasteiger charge is -2.31. The first-order valence-corrected chi connectivity index (χ1v) is 6.06. The van der Waals surface area contributed by atoms with Gasteiger partial charge in [-0.1, -0.05) is 12.8 Å². The van der Waals surface area contributed by atoms with Gasteiger partial charge in [-0.25, -0.2) is 9.59 Å². The summed E-state index contributed by atoms with van der Waals surface area (Å²) in [5.41, 5.74) is -0.811. The summed E-state index contributed by atoms with van der Waals surface area (Å²) in [4.78, 5) is 25.4. The summed E-state index contributed by atoms with van der Waals surface area (Å²) in [6.45, 7) is 3.86. The summed E-state index contributed by atoms with van der Waals surface area (Å²) < 4.78 is 4.81. The molecule has 1 aliphatic rings. The normalized spacial score (nSPS) is 17.9. The number of esters is 1. The zero-order valence-electron chi connectivity index (χ0n) is 11.1. The summed E-state index contributed by atoms with van der Waals surface area (Å²) in [6.07, 6.45) is 3.22. The van der Waals surface area contributed by atoms with Crippen molar-refractivity contribution in [1.29, 1.82) is 0 Å². The summed E-state index contributed by atoms with van der Waals surface area (Å²) in [7, 11) is 3.08. The van der Waals surface area contributed by atoms with Gasteiger partial charge in [-0.15, -0.1) is 0 Å². The van der Waals surface area contributed by atoms with Crippen molar-refractivity contribution < 1.29 is 14.3 Å². The van der Waals surface area contributed by atoms with Gasteiger partial charge >= 0.3 is 12.0 Å². The van der Waals surface area contributed by atoms with E-state index in [-0.39, 0.29) is 18.0 Å². The lowest BCUT2D eigenvalue weighted by molar-refractivity contribution is -0.148. The van der Waals surface area contributed by atoms with Crippen molar-refractivity contribution in [2.45, 2.75) is 51.1 Å². The summed E-state index contributed by atoms with van der Waals surface area (Å²) in [5, 5.41) is 2.84. The van der Waals surface area contributed by atoms with Crippen molar-refractivity contribution in [1.82, 2.24) is 10.2 Å². The highest BCUT2D eigenvalue weighted by Gasteiger charge is 2.44. The number of rotatable bonds is 3. The molecule has 5 heteroatoms. The van der Waals surface area contributed by atoms with Gasteiger partial charge in [0.15, 0.2) is 0 Å². The van der Waals surface area contributed by atoms with Crippen molar-refractivity contribution in [3.63, 3.8) is 0 Å². The fourth-order valence-corrected chi connectivity index (χ4v) is 2.08. The predicted octanol–water partition coefficient (Wildman–Crippen LogP) is 1.52. The molecule has 0 aromatic rings. The van der Waals surface area contributed by atoms with Crippen molar-refractivity contribution in [3.05, 3.63) is 0 Å². The molecule has 5 nitrogen and oxygen atoms in total. The Kier molecular flexibility index (Phi) is 4.37. The minimum Gasteiger partial charge on any atom is -0.467 e. The summed E-state index contributed by atoms with van der Waals surface area (Å²) >= 11 is 0. The molecule has 0 aromatic heterocycles. The van der Waals surface area contributed by atoms with E-state index in [1.807, 2.05) is 13.8 Å². The molecule has 98 valence electrons. The average molecular weight is 242 g/mol. The quantitative estimate of drug-likeness (QED) is 0.763. The number of hydrogen-bond donors (Lipinski definition) is 1. The molecule has 1 N–H and O–H groups in total. The van der Waals surface area contributed by atoms with Crippen LogP contribution in [0.15, 0.2) is 0 Å². The molecule has 0 unspecified atom stereocenters. The first-order chi connectivity index (χ1) is 7.93. The van der Waals surface area contributed by atoms with Gasteiger partial charge < -0.3 is 15.0 Å². The lowest BCUT2D eigenvalue weighted by atomic mass is 9.98. The van der Waals surface area contributed by atoms with Gasteiger partial charge in [0, 0.05) is 13.1 Å². The topological polar surface area (TPSA) is 58.6 Å². The fraction of sp³-hybridized carbons (Fsp3) is 0.833. The number of hydrogen-bond acceptors (Lipinski definition) is 3. The third-order valence-corrected chi connectivity index (χ3v) is 3.47. The first-order valence-electron chi connectivity index (χ1n) is 6.06. The van der Waals surface area contributed by atoms with E-state index in [1.165, 1.54) is 7.11 Å². The van der Waals surface area contributed by atoms with Crippen molar-refractivity contribution in [3.8, 4) is 0 Å². The molecule has 2 amide bonds. The Morgan fingerprint density at radius 2 is 1.82 bits per heavy atom. The van der Waals surface area contributed by atoms with Crippen molar-refractivity contribution in [2.75, 3.05) is 14.2 Å². The van der Waals surface area contributed by atoms with Gasteiger partial charge in [-0.3, -0.25) is 0 Å². The van der Waals surface area contributed by atoms with Crippen LogP contribution in [-0.2, 0) is 9.53 Å². The molecule has 0 heterocycles. The third-order valence-electron chi connectivity index (χ3n) is 3.47. The maximum Gasteiger partial charge on any atom is 0.331 e. The Labute approximate surface area is 102 Å². The van der Waals surface area contributed by atoms with E-state index in [0.717, 1.165) is 12.8 Å². The first kappa shape index (κ1) is 13.8. The Morgan fingerprint density at radius 3 is 2.24 bits per heavy atom. The van der Waals surface area contributed by atoms with Crippen LogP contribution >= 0.6 is 0 Å². The van der Waals surface area contributed by atoms with Crippen LogP contribution in [0.4, 0.5) is 4.79 Å². The summed E-state index contributed by atoms with van der Waals surface area (Å²) in [6, 6.07) is -0.113. The van der Waals surface area contributed by atoms with Gasteiger partial charge in [0.1, 0.15) is 5.54 Å². The van der Waals surface area contributed by atoms with Crippen LogP contribution in [0.3, 0.4) is 0 Å². The van der Waals surface area contributed by atoms with Crippen LogP contribution in [0.25, 0.3) is 0 Å². The number of carbonyl (C=O) groups is 2. The molecule has 1 aliphatic carbocycles. The van der Waals surface area contributed by atoms with E-state index < -0.39 is 5.54 Å². The average Bonchev–Trinajstić information content (AvgIpc) is 2.76. The van der Waals surface area contributed by atoms with Crippen LogP contribution in [0.2, 0.25) is 0 Å². The number of ether oxygens (including phenoxy) is 1. The molecule has 0 atom stereocenters. The number of amides is 2.